The van der Waals surface area contributed by atoms with Crippen LogP contribution in [0.15, 0.2) is 55.1 Å². The fraction of sp³-hybridized carbons (Fsp3) is 0.240. The monoisotopic (exact) mass is 591 g/mol. The number of pyridine rings is 1. The molecular weight excluding hydrogens is 567 g/mol. The number of methoxy groups -OCH3 is 2. The number of ether oxygens (including phenoxy) is 2. The predicted octanol–water partition coefficient (Wildman–Crippen LogP) is 3.28. The maximum Gasteiger partial charge on any atom is 0.435 e. The molecule has 0 aliphatic rings. The van der Waals surface area contributed by atoms with Crippen LogP contribution >= 0.6 is 0 Å². The van der Waals surface area contributed by atoms with Crippen LogP contribution in [0.1, 0.15) is 16.1 Å². The molecule has 3 aromatic heterocycles. The first-order valence-corrected chi connectivity index (χ1v) is 13.8. The number of amides is 1. The van der Waals surface area contributed by atoms with Gasteiger partial charge in [-0.15, -0.1) is 0 Å². The molecule has 0 aliphatic heterocycles. The molecule has 41 heavy (non-hydrogen) atoms. The Morgan fingerprint density at radius 1 is 1.05 bits per heavy atom. The highest BCUT2D eigenvalue weighted by Crippen LogP contribution is 2.32. The van der Waals surface area contributed by atoms with Crippen LogP contribution in [0.4, 0.5) is 24.8 Å². The molecular formula is C25H24F3N7O5S. The van der Waals surface area contributed by atoms with Crippen LogP contribution < -0.4 is 20.1 Å². The van der Waals surface area contributed by atoms with E-state index in [0.717, 1.165) is 23.2 Å². The standard InChI is InChI=1S/C25H24F3N7O5S/c1-39-18-9-17(10-19(11-18)40-2)32-24-31-14-20(22(33-24)35-6-4-21(34-35)25(26,27)28)15-8-16(13-29-12-15)23(36)30-5-7-41(3,37)38/h4,6,8-14H,5,7H2,1-3H3,(H,30,36)(H,31,32,33). The summed E-state index contributed by atoms with van der Waals surface area (Å²) < 4.78 is 74.2. The summed E-state index contributed by atoms with van der Waals surface area (Å²) in [6.07, 6.45) is 1.45. The minimum Gasteiger partial charge on any atom is -0.497 e. The number of anilines is 2. The third kappa shape index (κ3) is 7.47. The Balaban J connectivity index is 1.73. The topological polar surface area (TPSA) is 150 Å². The molecule has 3 heterocycles. The highest BCUT2D eigenvalue weighted by atomic mass is 32.2. The van der Waals surface area contributed by atoms with Crippen molar-refractivity contribution >= 4 is 27.4 Å². The van der Waals surface area contributed by atoms with Gasteiger partial charge in [0.15, 0.2) is 11.5 Å². The molecule has 2 N–H and O–H groups in total. The van der Waals surface area contributed by atoms with Crippen molar-refractivity contribution < 1.29 is 35.9 Å². The number of nitrogens with one attached hydrogen (secondary N) is 2. The Kier molecular flexibility index (Phi) is 8.41. The Hall–Kier alpha value is -4.73. The van der Waals surface area contributed by atoms with E-state index in [1.54, 1.807) is 18.2 Å². The molecule has 216 valence electrons. The lowest BCUT2D eigenvalue weighted by Gasteiger charge is -2.13. The maximum absolute atomic E-state index is 13.3. The van der Waals surface area contributed by atoms with Crippen molar-refractivity contribution in [3.63, 3.8) is 0 Å². The normalized spacial score (nSPS) is 11.7. The lowest BCUT2D eigenvalue weighted by molar-refractivity contribution is -0.141. The van der Waals surface area contributed by atoms with E-state index in [0.29, 0.717) is 22.7 Å². The van der Waals surface area contributed by atoms with Gasteiger partial charge in [-0.05, 0) is 12.1 Å². The van der Waals surface area contributed by atoms with Crippen molar-refractivity contribution in [2.45, 2.75) is 6.18 Å². The molecule has 0 aliphatic carbocycles. The van der Waals surface area contributed by atoms with Crippen LogP contribution in [0.3, 0.4) is 0 Å². The zero-order chi connectivity index (χ0) is 29.8. The Morgan fingerprint density at radius 2 is 1.76 bits per heavy atom. The number of halogens is 3. The van der Waals surface area contributed by atoms with Gasteiger partial charge in [0.1, 0.15) is 21.3 Å². The summed E-state index contributed by atoms with van der Waals surface area (Å²) in [7, 11) is -0.333. The molecule has 0 saturated carbocycles. The first kappa shape index (κ1) is 29.3. The smallest absolute Gasteiger partial charge is 0.435 e. The zero-order valence-corrected chi connectivity index (χ0v) is 22.7. The molecule has 1 amide bonds. The third-order valence-corrected chi connectivity index (χ3v) is 6.49. The van der Waals surface area contributed by atoms with Gasteiger partial charge < -0.3 is 20.1 Å². The number of carbonyl (C=O) groups excluding carboxylic acids is 1. The van der Waals surface area contributed by atoms with Gasteiger partial charge >= 0.3 is 6.18 Å². The molecule has 0 radical (unpaired) electrons. The first-order chi connectivity index (χ1) is 19.4. The number of hydrogen-bond acceptors (Lipinski definition) is 10. The number of nitrogens with zero attached hydrogens (tertiary/aromatic N) is 5. The van der Waals surface area contributed by atoms with Crippen LogP contribution in [0.5, 0.6) is 11.5 Å². The lowest BCUT2D eigenvalue weighted by Crippen LogP contribution is -2.28. The molecule has 12 nitrogen and oxygen atoms in total. The van der Waals surface area contributed by atoms with E-state index in [2.05, 4.69) is 30.7 Å². The van der Waals surface area contributed by atoms with Crippen molar-refractivity contribution in [1.82, 2.24) is 30.0 Å². The van der Waals surface area contributed by atoms with E-state index >= 15 is 0 Å². The van der Waals surface area contributed by atoms with Gasteiger partial charge in [-0.2, -0.15) is 23.3 Å². The second-order valence-electron chi connectivity index (χ2n) is 8.65. The van der Waals surface area contributed by atoms with Crippen LogP contribution in [0, 0.1) is 0 Å². The Morgan fingerprint density at radius 3 is 2.37 bits per heavy atom. The molecule has 0 bridgehead atoms. The molecule has 0 spiro atoms. The highest BCUT2D eigenvalue weighted by Gasteiger charge is 2.34. The van der Waals surface area contributed by atoms with Crippen molar-refractivity contribution in [3.8, 4) is 28.4 Å². The van der Waals surface area contributed by atoms with E-state index in [1.807, 2.05) is 0 Å². The summed E-state index contributed by atoms with van der Waals surface area (Å²) in [4.78, 5) is 25.4. The van der Waals surface area contributed by atoms with E-state index in [1.165, 1.54) is 38.9 Å². The number of hydrogen-bond donors (Lipinski definition) is 2. The molecule has 0 unspecified atom stereocenters. The van der Waals surface area contributed by atoms with Gasteiger partial charge in [-0.25, -0.2) is 18.1 Å². The van der Waals surface area contributed by atoms with Gasteiger partial charge in [0.25, 0.3) is 5.91 Å². The van der Waals surface area contributed by atoms with Crippen LogP contribution in [-0.4, -0.2) is 71.8 Å². The van der Waals surface area contributed by atoms with Gasteiger partial charge in [0.05, 0.1) is 25.5 Å². The summed E-state index contributed by atoms with van der Waals surface area (Å²) in [5.74, 6) is 0.0917. The van der Waals surface area contributed by atoms with Crippen LogP contribution in [0.25, 0.3) is 16.9 Å². The first-order valence-electron chi connectivity index (χ1n) is 11.8. The second kappa shape index (κ2) is 11.8. The molecule has 0 atom stereocenters. The maximum atomic E-state index is 13.3. The van der Waals surface area contributed by atoms with Crippen LogP contribution in [0.2, 0.25) is 0 Å². The number of rotatable bonds is 10. The fourth-order valence-electron chi connectivity index (χ4n) is 3.58. The minimum atomic E-state index is -4.69. The fourth-order valence-corrected chi connectivity index (χ4v) is 4.05. The molecule has 1 aromatic carbocycles. The van der Waals surface area contributed by atoms with Crippen molar-refractivity contribution in [1.29, 1.82) is 0 Å². The molecule has 16 heteroatoms. The summed E-state index contributed by atoms with van der Waals surface area (Å²) >= 11 is 0. The number of aromatic nitrogens is 5. The summed E-state index contributed by atoms with van der Waals surface area (Å²) in [5, 5.41) is 9.10. The van der Waals surface area contributed by atoms with E-state index in [4.69, 9.17) is 9.47 Å². The number of alkyl halides is 3. The van der Waals surface area contributed by atoms with E-state index in [-0.39, 0.29) is 35.2 Å². The molecule has 4 aromatic rings. The number of carbonyl (C=O) groups is 1. The quantitative estimate of drug-likeness (QED) is 0.281. The molecule has 0 saturated heterocycles. The van der Waals surface area contributed by atoms with E-state index in [9.17, 15) is 26.4 Å². The highest BCUT2D eigenvalue weighted by molar-refractivity contribution is 7.90. The van der Waals surface area contributed by atoms with Gasteiger partial charge in [0, 0.05) is 72.6 Å². The number of sulfone groups is 1. The zero-order valence-electron chi connectivity index (χ0n) is 21.9. The third-order valence-electron chi connectivity index (χ3n) is 5.54. The van der Waals surface area contributed by atoms with Crippen LogP contribution in [-0.2, 0) is 16.0 Å². The summed E-state index contributed by atoms with van der Waals surface area (Å²) in [6, 6.07) is 7.17. The van der Waals surface area contributed by atoms with Crippen molar-refractivity contribution in [2.75, 3.05) is 38.1 Å². The largest absolute Gasteiger partial charge is 0.497 e. The minimum absolute atomic E-state index is 0.0192. The summed E-state index contributed by atoms with van der Waals surface area (Å²) in [5.41, 5.74) is -0.0515. The average molecular weight is 592 g/mol. The average Bonchev–Trinajstić information content (AvgIpc) is 3.43. The van der Waals surface area contributed by atoms with Crippen molar-refractivity contribution in [3.05, 3.63) is 66.4 Å². The van der Waals surface area contributed by atoms with Gasteiger partial charge in [-0.3, -0.25) is 9.78 Å². The van der Waals surface area contributed by atoms with Crippen molar-refractivity contribution in [2.24, 2.45) is 0 Å². The molecule has 0 fully saturated rings. The predicted molar refractivity (Wildman–Crippen MR) is 142 cm³/mol. The second-order valence-corrected chi connectivity index (χ2v) is 10.9. The number of benzene rings is 1. The van der Waals surface area contributed by atoms with Gasteiger partial charge in [-0.1, -0.05) is 0 Å². The van der Waals surface area contributed by atoms with E-state index < -0.39 is 27.6 Å². The van der Waals surface area contributed by atoms with Gasteiger partial charge in [0.2, 0.25) is 5.95 Å². The lowest BCUT2D eigenvalue weighted by atomic mass is 10.1. The Labute approximate surface area is 232 Å². The molecule has 4 rings (SSSR count). The SMILES string of the molecule is COc1cc(Nc2ncc(-c3cncc(C(=O)NCCS(C)(=O)=O)c3)c(-n3ccc(C(F)(F)F)n3)n2)cc(OC)c1. The summed E-state index contributed by atoms with van der Waals surface area (Å²) in [6.45, 7) is -0.112. The Bertz CT molecular complexity index is 1650.